The Morgan fingerprint density at radius 1 is 1.16 bits per heavy atom. The average Bonchev–Trinajstić information content (AvgIpc) is 2.89. The minimum atomic E-state index is -5.75. The SMILES string of the molecule is C[C@]1(F)[C@H](n2cnc3c(N)ncnc32)C[C@@H]2C(OP(=O)(O)OP(=O)(O)OP(=O)(O)O)[C@@]21O. The molecule has 2 aromatic heterocycles. The molecule has 0 aromatic carbocycles. The van der Waals surface area contributed by atoms with E-state index in [1.54, 1.807) is 0 Å². The molecule has 20 heteroatoms. The van der Waals surface area contributed by atoms with Crippen LogP contribution in [0.15, 0.2) is 12.7 Å². The molecule has 7 atom stereocenters. The fourth-order valence-electron chi connectivity index (χ4n) is 4.15. The number of nitrogens with zero attached hydrogens (tertiary/aromatic N) is 4. The summed E-state index contributed by atoms with van der Waals surface area (Å²) in [6.07, 6.45) is 0.630. The fraction of sp³-hybridized carbons (Fsp3) is 0.583. The fourth-order valence-corrected chi connectivity index (χ4v) is 7.41. The predicted octanol–water partition coefficient (Wildman–Crippen LogP) is 0.154. The molecule has 32 heavy (non-hydrogen) atoms. The number of imidazole rings is 1. The second kappa shape index (κ2) is 7.08. The van der Waals surface area contributed by atoms with Crippen molar-refractivity contribution in [2.45, 2.75) is 36.8 Å². The lowest BCUT2D eigenvalue weighted by molar-refractivity contribution is -0.0580. The number of aliphatic hydroxyl groups is 1. The van der Waals surface area contributed by atoms with Gasteiger partial charge in [0.05, 0.1) is 12.4 Å². The molecular formula is C12H17FN5O11P3. The van der Waals surface area contributed by atoms with Crippen LogP contribution in [0, 0.1) is 5.92 Å². The zero-order valence-electron chi connectivity index (χ0n) is 15.9. The minimum Gasteiger partial charge on any atom is -0.383 e. The van der Waals surface area contributed by atoms with Gasteiger partial charge in [-0.25, -0.2) is 33.0 Å². The summed E-state index contributed by atoms with van der Waals surface area (Å²) in [5.41, 5.74) is 1.34. The van der Waals surface area contributed by atoms with Crippen molar-refractivity contribution in [2.24, 2.45) is 5.92 Å². The molecule has 2 aliphatic carbocycles. The second-order valence-corrected chi connectivity index (χ2v) is 11.8. The van der Waals surface area contributed by atoms with Crippen molar-refractivity contribution in [1.82, 2.24) is 19.5 Å². The monoisotopic (exact) mass is 519 g/mol. The number of halogens is 1. The largest absolute Gasteiger partial charge is 0.490 e. The van der Waals surface area contributed by atoms with Gasteiger partial charge in [-0.1, -0.05) is 0 Å². The summed E-state index contributed by atoms with van der Waals surface area (Å²) >= 11 is 0. The van der Waals surface area contributed by atoms with Crippen molar-refractivity contribution in [3.05, 3.63) is 12.7 Å². The number of aromatic nitrogens is 4. The van der Waals surface area contributed by atoms with Crippen molar-refractivity contribution < 1.29 is 55.9 Å². The molecule has 0 saturated heterocycles. The first-order valence-corrected chi connectivity index (χ1v) is 13.2. The Kier molecular flexibility index (Phi) is 5.26. The Hall–Kier alpha value is -1.35. The highest BCUT2D eigenvalue weighted by Gasteiger charge is 2.83. The summed E-state index contributed by atoms with van der Waals surface area (Å²) in [5, 5.41) is 10.8. The van der Waals surface area contributed by atoms with Crippen LogP contribution in [-0.4, -0.2) is 61.6 Å². The number of alkyl halides is 1. The van der Waals surface area contributed by atoms with Crippen molar-refractivity contribution >= 4 is 40.4 Å². The number of phosphoric ester groups is 1. The van der Waals surface area contributed by atoms with E-state index < -0.39 is 52.8 Å². The Bertz CT molecular complexity index is 1230. The van der Waals surface area contributed by atoms with E-state index in [1.165, 1.54) is 10.9 Å². The van der Waals surface area contributed by atoms with Crippen LogP contribution in [0.5, 0.6) is 0 Å². The second-order valence-electron chi connectivity index (χ2n) is 7.46. The van der Waals surface area contributed by atoms with Crippen molar-refractivity contribution in [2.75, 3.05) is 5.73 Å². The number of anilines is 1. The highest BCUT2D eigenvalue weighted by atomic mass is 31.3. The molecule has 7 N–H and O–H groups in total. The topological polar surface area (TPSA) is 250 Å². The Labute approximate surface area is 177 Å². The summed E-state index contributed by atoms with van der Waals surface area (Å²) in [6, 6.07) is -1.04. The lowest BCUT2D eigenvalue weighted by Gasteiger charge is -2.32. The number of hydrogen-bond donors (Lipinski definition) is 6. The normalized spacial score (nSPS) is 35.9. The van der Waals surface area contributed by atoms with E-state index in [-0.39, 0.29) is 23.4 Å². The predicted molar refractivity (Wildman–Crippen MR) is 100 cm³/mol. The molecule has 0 aliphatic heterocycles. The standard InChI is InChI=1S/C12H17FN5O11P3/c1-11(13)6(18-4-17-7-9(14)15-3-16-10(7)18)2-5-8(12(5,11)19)27-31(23,24)29-32(25,26)28-30(20,21)22/h3-6,8,19H,2H2,1H3,(H,23,24)(H,25,26)(H2,14,15,16)(H2,20,21,22)/t5-,6-,8?,11+,12+/m1/s1. The van der Waals surface area contributed by atoms with E-state index in [4.69, 9.17) is 15.5 Å². The van der Waals surface area contributed by atoms with E-state index in [9.17, 15) is 28.6 Å². The third-order valence-corrected chi connectivity index (χ3v) is 9.35. The van der Waals surface area contributed by atoms with Crippen LogP contribution in [0.1, 0.15) is 19.4 Å². The molecule has 2 saturated carbocycles. The molecule has 2 aromatic rings. The lowest BCUT2D eigenvalue weighted by Crippen LogP contribution is -2.44. The maximum absolute atomic E-state index is 15.8. The first-order valence-electron chi connectivity index (χ1n) is 8.65. The molecule has 2 fully saturated rings. The van der Waals surface area contributed by atoms with Crippen LogP contribution in [0.25, 0.3) is 11.2 Å². The van der Waals surface area contributed by atoms with Gasteiger partial charge in [-0.2, -0.15) is 8.62 Å². The third kappa shape index (κ3) is 3.83. The van der Waals surface area contributed by atoms with Crippen LogP contribution in [0.3, 0.4) is 0 Å². The molecule has 16 nitrogen and oxygen atoms in total. The van der Waals surface area contributed by atoms with Crippen LogP contribution >= 0.6 is 23.5 Å². The summed E-state index contributed by atoms with van der Waals surface area (Å²) in [4.78, 5) is 47.8. The van der Waals surface area contributed by atoms with E-state index in [1.807, 2.05) is 0 Å². The zero-order chi connectivity index (χ0) is 23.9. The van der Waals surface area contributed by atoms with Gasteiger partial charge in [-0.15, -0.1) is 0 Å². The van der Waals surface area contributed by atoms with Crippen molar-refractivity contribution in [3.8, 4) is 0 Å². The van der Waals surface area contributed by atoms with E-state index in [0.717, 1.165) is 13.3 Å². The molecule has 0 amide bonds. The average molecular weight is 519 g/mol. The molecule has 3 unspecified atom stereocenters. The Balaban J connectivity index is 1.53. The number of rotatable bonds is 7. The van der Waals surface area contributed by atoms with Crippen molar-refractivity contribution in [1.29, 1.82) is 0 Å². The smallest absolute Gasteiger partial charge is 0.383 e. The van der Waals surface area contributed by atoms with E-state index >= 15 is 4.39 Å². The van der Waals surface area contributed by atoms with Gasteiger partial charge in [0, 0.05) is 5.92 Å². The number of nitrogens with two attached hydrogens (primary N) is 1. The van der Waals surface area contributed by atoms with Gasteiger partial charge in [0.15, 0.2) is 17.1 Å². The van der Waals surface area contributed by atoms with Gasteiger partial charge in [0.1, 0.15) is 23.5 Å². The zero-order valence-corrected chi connectivity index (χ0v) is 18.5. The number of phosphoric acid groups is 3. The Morgan fingerprint density at radius 3 is 2.38 bits per heavy atom. The molecule has 0 spiro atoms. The van der Waals surface area contributed by atoms with Gasteiger partial charge in [0.25, 0.3) is 0 Å². The maximum Gasteiger partial charge on any atom is 0.490 e. The first kappa shape index (κ1) is 23.8. The van der Waals surface area contributed by atoms with Crippen molar-refractivity contribution in [3.63, 3.8) is 0 Å². The summed E-state index contributed by atoms with van der Waals surface area (Å²) in [5.74, 6) is -0.995. The van der Waals surface area contributed by atoms with E-state index in [2.05, 4.69) is 28.1 Å². The minimum absolute atomic E-state index is 0.0571. The molecule has 2 aliphatic rings. The van der Waals surface area contributed by atoms with Gasteiger partial charge in [-0.3, -0.25) is 4.52 Å². The number of fused-ring (bicyclic) bond motifs is 2. The van der Waals surface area contributed by atoms with E-state index in [0.29, 0.717) is 0 Å². The van der Waals surface area contributed by atoms with Crippen LogP contribution in [0.2, 0.25) is 0 Å². The first-order chi connectivity index (χ1) is 14.5. The molecular weight excluding hydrogens is 502 g/mol. The number of nitrogen functional groups attached to an aromatic ring is 1. The summed E-state index contributed by atoms with van der Waals surface area (Å²) in [6.45, 7) is 1.02. The lowest BCUT2D eigenvalue weighted by atomic mass is 9.93. The molecule has 2 heterocycles. The third-order valence-electron chi connectivity index (χ3n) is 5.53. The van der Waals surface area contributed by atoms with Crippen LogP contribution in [-0.2, 0) is 26.8 Å². The van der Waals surface area contributed by atoms with Gasteiger partial charge < -0.3 is 35.0 Å². The highest BCUT2D eigenvalue weighted by molar-refractivity contribution is 7.66. The van der Waals surface area contributed by atoms with Gasteiger partial charge in [-0.05, 0) is 13.3 Å². The van der Waals surface area contributed by atoms with Crippen LogP contribution < -0.4 is 5.73 Å². The van der Waals surface area contributed by atoms with Gasteiger partial charge in [0.2, 0.25) is 0 Å². The molecule has 0 radical (unpaired) electrons. The quantitative estimate of drug-likeness (QED) is 0.266. The number of hydrogen-bond acceptors (Lipinski definition) is 11. The Morgan fingerprint density at radius 2 is 1.81 bits per heavy atom. The molecule has 178 valence electrons. The summed E-state index contributed by atoms with van der Waals surface area (Å²) < 4.78 is 63.2. The highest BCUT2D eigenvalue weighted by Crippen LogP contribution is 2.73. The molecule has 0 bridgehead atoms. The summed E-state index contributed by atoms with van der Waals surface area (Å²) in [7, 11) is -16.9. The van der Waals surface area contributed by atoms with Gasteiger partial charge >= 0.3 is 23.5 Å². The maximum atomic E-state index is 15.8. The molecule has 4 rings (SSSR count). The van der Waals surface area contributed by atoms with Crippen LogP contribution in [0.4, 0.5) is 10.2 Å².